The topological polar surface area (TPSA) is 45.5 Å². The van der Waals surface area contributed by atoms with Gasteiger partial charge in [0.2, 0.25) is 5.75 Å². The molecule has 1 aromatic heterocycles. The van der Waals surface area contributed by atoms with E-state index in [2.05, 4.69) is 4.98 Å². The maximum absolute atomic E-state index is 6.82. The van der Waals surface area contributed by atoms with E-state index in [0.717, 1.165) is 11.1 Å². The molecule has 0 bridgehead atoms. The van der Waals surface area contributed by atoms with Gasteiger partial charge in [-0.15, -0.1) is 11.8 Å². The molecule has 2 atom stereocenters. The van der Waals surface area contributed by atoms with E-state index < -0.39 is 0 Å². The van der Waals surface area contributed by atoms with Crippen LogP contribution in [0.25, 0.3) is 0 Å². The van der Waals surface area contributed by atoms with Gasteiger partial charge in [0.15, 0.2) is 11.5 Å². The van der Waals surface area contributed by atoms with E-state index in [1.54, 1.807) is 45.6 Å². The molecule has 154 valence electrons. The van der Waals surface area contributed by atoms with Crippen LogP contribution in [0.4, 0.5) is 0 Å². The lowest BCUT2D eigenvalue weighted by atomic mass is 10.1. The highest BCUT2D eigenvalue weighted by molar-refractivity contribution is 7.98. The highest BCUT2D eigenvalue weighted by Gasteiger charge is 2.24. The van der Waals surface area contributed by atoms with E-state index in [9.17, 15) is 0 Å². The number of aromatic nitrogens is 2. The van der Waals surface area contributed by atoms with E-state index in [1.807, 2.05) is 47.2 Å². The average Bonchev–Trinajstić information content (AvgIpc) is 3.29. The molecule has 0 amide bonds. The molecule has 0 aliphatic carbocycles. The maximum Gasteiger partial charge on any atom is 0.203 e. The second-order valence-electron chi connectivity index (χ2n) is 6.20. The van der Waals surface area contributed by atoms with Crippen LogP contribution in [0.1, 0.15) is 21.9 Å². The second kappa shape index (κ2) is 10.1. The van der Waals surface area contributed by atoms with Crippen molar-refractivity contribution in [3.05, 3.63) is 71.3 Å². The number of imidazole rings is 1. The van der Waals surface area contributed by atoms with Crippen molar-refractivity contribution in [2.24, 2.45) is 0 Å². The minimum Gasteiger partial charge on any atom is -0.493 e. The lowest BCUT2D eigenvalue weighted by Crippen LogP contribution is -2.09. The summed E-state index contributed by atoms with van der Waals surface area (Å²) in [6.45, 7) is 0. The Hall–Kier alpha value is -2.02. The SMILES string of the molecule is COc1cc(CSC(c2ccc(Cl)cc2)C(Cl)n2ccnc2)cc(OC)c1OC. The third-order valence-corrected chi connectivity index (χ3v) is 6.68. The Bertz CT molecular complexity index is 895. The van der Waals surface area contributed by atoms with Crippen molar-refractivity contribution in [3.63, 3.8) is 0 Å². The Kier molecular flexibility index (Phi) is 7.58. The van der Waals surface area contributed by atoms with Gasteiger partial charge in [0, 0.05) is 23.2 Å². The van der Waals surface area contributed by atoms with Gasteiger partial charge in [0.25, 0.3) is 0 Å². The zero-order valence-electron chi connectivity index (χ0n) is 16.3. The van der Waals surface area contributed by atoms with Crippen LogP contribution >= 0.6 is 35.0 Å². The second-order valence-corrected chi connectivity index (χ2v) is 8.21. The van der Waals surface area contributed by atoms with Crippen LogP contribution in [0.5, 0.6) is 17.2 Å². The molecule has 0 saturated carbocycles. The number of thioether (sulfide) groups is 1. The van der Waals surface area contributed by atoms with Crippen molar-refractivity contribution in [2.75, 3.05) is 21.3 Å². The summed E-state index contributed by atoms with van der Waals surface area (Å²) in [4.78, 5) is 4.12. The summed E-state index contributed by atoms with van der Waals surface area (Å²) in [7, 11) is 4.81. The minimum absolute atomic E-state index is 0.0257. The van der Waals surface area contributed by atoms with E-state index in [4.69, 9.17) is 37.4 Å². The van der Waals surface area contributed by atoms with Crippen LogP contribution in [0, 0.1) is 0 Å². The van der Waals surface area contributed by atoms with E-state index in [1.165, 1.54) is 0 Å². The van der Waals surface area contributed by atoms with Gasteiger partial charge in [-0.3, -0.25) is 0 Å². The number of hydrogen-bond acceptors (Lipinski definition) is 5. The molecule has 0 spiro atoms. The van der Waals surface area contributed by atoms with Crippen LogP contribution in [-0.2, 0) is 5.75 Å². The third-order valence-electron chi connectivity index (χ3n) is 4.41. The Labute approximate surface area is 184 Å². The number of alkyl halides is 1. The first kappa shape index (κ1) is 21.7. The number of rotatable bonds is 9. The lowest BCUT2D eigenvalue weighted by Gasteiger charge is -2.24. The summed E-state index contributed by atoms with van der Waals surface area (Å²) in [5.74, 6) is 2.53. The van der Waals surface area contributed by atoms with Crippen molar-refractivity contribution in [1.82, 2.24) is 9.55 Å². The molecule has 5 nitrogen and oxygen atoms in total. The van der Waals surface area contributed by atoms with Gasteiger partial charge in [-0.1, -0.05) is 35.3 Å². The molecule has 0 fully saturated rings. The molecule has 8 heteroatoms. The fourth-order valence-corrected chi connectivity index (χ4v) is 4.76. The van der Waals surface area contributed by atoms with Gasteiger partial charge in [0.05, 0.1) is 32.9 Å². The fraction of sp³-hybridized carbons (Fsp3) is 0.286. The molecule has 3 aromatic rings. The summed E-state index contributed by atoms with van der Waals surface area (Å²) in [5, 5.41) is 0.665. The Balaban J connectivity index is 1.88. The maximum atomic E-state index is 6.82. The highest BCUT2D eigenvalue weighted by atomic mass is 35.5. The molecule has 0 aliphatic heterocycles. The predicted octanol–water partition coefficient (Wildman–Crippen LogP) is 5.97. The van der Waals surface area contributed by atoms with Crippen molar-refractivity contribution < 1.29 is 14.2 Å². The molecular formula is C21H22Cl2N2O3S. The molecule has 29 heavy (non-hydrogen) atoms. The van der Waals surface area contributed by atoms with Crippen LogP contribution in [0.3, 0.4) is 0 Å². The van der Waals surface area contributed by atoms with Crippen LogP contribution in [0.15, 0.2) is 55.1 Å². The number of halogens is 2. The smallest absolute Gasteiger partial charge is 0.203 e. The fourth-order valence-electron chi connectivity index (χ4n) is 2.96. The standard InChI is InChI=1S/C21H22Cl2N2O3S/c1-26-17-10-14(11-18(27-2)19(17)28-3)12-29-20(15-4-6-16(22)7-5-15)21(23)25-9-8-24-13-25/h4-11,13,20-21H,12H2,1-3H3. The molecule has 0 aliphatic rings. The zero-order chi connectivity index (χ0) is 20.8. The van der Waals surface area contributed by atoms with Crippen molar-refractivity contribution in [2.45, 2.75) is 16.5 Å². The van der Waals surface area contributed by atoms with E-state index in [0.29, 0.717) is 28.0 Å². The third kappa shape index (κ3) is 5.13. The molecule has 0 radical (unpaired) electrons. The number of methoxy groups -OCH3 is 3. The summed E-state index contributed by atoms with van der Waals surface area (Å²) in [5.41, 5.74) is 1.81. The van der Waals surface area contributed by atoms with Crippen molar-refractivity contribution in [3.8, 4) is 17.2 Å². The normalized spacial score (nSPS) is 13.0. The predicted molar refractivity (Wildman–Crippen MR) is 119 cm³/mol. The number of nitrogens with zero attached hydrogens (tertiary/aromatic N) is 2. The van der Waals surface area contributed by atoms with Crippen LogP contribution < -0.4 is 14.2 Å². The number of benzene rings is 2. The monoisotopic (exact) mass is 452 g/mol. The average molecular weight is 453 g/mol. The number of ether oxygens (including phenoxy) is 3. The molecular weight excluding hydrogens is 431 g/mol. The first-order chi connectivity index (χ1) is 14.1. The van der Waals surface area contributed by atoms with E-state index in [-0.39, 0.29) is 10.8 Å². The Morgan fingerprint density at radius 1 is 1.03 bits per heavy atom. The summed E-state index contributed by atoms with van der Waals surface area (Å²) in [6, 6.07) is 11.7. The first-order valence-corrected chi connectivity index (χ1v) is 10.7. The quantitative estimate of drug-likeness (QED) is 0.374. The highest BCUT2D eigenvalue weighted by Crippen LogP contribution is 2.45. The summed E-state index contributed by atoms with van der Waals surface area (Å²) < 4.78 is 18.2. The lowest BCUT2D eigenvalue weighted by molar-refractivity contribution is 0.324. The number of hydrogen-bond donors (Lipinski definition) is 0. The Morgan fingerprint density at radius 2 is 1.69 bits per heavy atom. The summed E-state index contributed by atoms with van der Waals surface area (Å²) in [6.07, 6.45) is 5.30. The molecule has 2 aromatic carbocycles. The molecule has 2 unspecified atom stereocenters. The van der Waals surface area contributed by atoms with Crippen molar-refractivity contribution >= 4 is 35.0 Å². The van der Waals surface area contributed by atoms with Gasteiger partial charge < -0.3 is 18.8 Å². The van der Waals surface area contributed by atoms with Gasteiger partial charge in [-0.25, -0.2) is 4.98 Å². The van der Waals surface area contributed by atoms with Crippen molar-refractivity contribution in [1.29, 1.82) is 0 Å². The van der Waals surface area contributed by atoms with Gasteiger partial charge in [0.1, 0.15) is 5.50 Å². The summed E-state index contributed by atoms with van der Waals surface area (Å²) >= 11 is 14.6. The Morgan fingerprint density at radius 3 is 2.21 bits per heavy atom. The largest absolute Gasteiger partial charge is 0.493 e. The van der Waals surface area contributed by atoms with Gasteiger partial charge >= 0.3 is 0 Å². The van der Waals surface area contributed by atoms with Crippen LogP contribution in [0.2, 0.25) is 5.02 Å². The molecule has 0 saturated heterocycles. The van der Waals surface area contributed by atoms with Gasteiger partial charge in [-0.2, -0.15) is 0 Å². The van der Waals surface area contributed by atoms with Gasteiger partial charge in [-0.05, 0) is 35.4 Å². The minimum atomic E-state index is -0.314. The first-order valence-electron chi connectivity index (χ1n) is 8.84. The zero-order valence-corrected chi connectivity index (χ0v) is 18.7. The molecule has 1 heterocycles. The molecule has 3 rings (SSSR count). The van der Waals surface area contributed by atoms with E-state index >= 15 is 0 Å². The molecule has 0 N–H and O–H groups in total. The van der Waals surface area contributed by atoms with Crippen LogP contribution in [-0.4, -0.2) is 30.9 Å².